The summed E-state index contributed by atoms with van der Waals surface area (Å²) in [4.78, 5) is 15.6. The number of aromatic nitrogens is 2. The van der Waals surface area contributed by atoms with Crippen LogP contribution < -0.4 is 9.47 Å². The molecule has 0 saturated carbocycles. The van der Waals surface area contributed by atoms with E-state index in [1.54, 1.807) is 25.1 Å². The number of pyridine rings is 2. The third kappa shape index (κ3) is 4.91. The minimum absolute atomic E-state index is 0.229. The number of hydrogen-bond donors (Lipinski definition) is 0. The van der Waals surface area contributed by atoms with Crippen LogP contribution in [-0.2, 0) is 0 Å². The molecule has 0 amide bonds. The molecule has 0 atom stereocenters. The SMILES string of the molecule is COc1ccc(N=C(SC)N2CCC(Oc3ccnc(C)c3C)CC2)cn1. The highest BCUT2D eigenvalue weighted by Gasteiger charge is 2.23. The highest BCUT2D eigenvalue weighted by molar-refractivity contribution is 8.13. The molecule has 3 heterocycles. The number of ether oxygens (including phenoxy) is 2. The van der Waals surface area contributed by atoms with Crippen molar-refractivity contribution in [3.05, 3.63) is 41.9 Å². The second-order valence-electron chi connectivity index (χ2n) is 6.48. The number of piperidine rings is 1. The Hall–Kier alpha value is -2.28. The van der Waals surface area contributed by atoms with Crippen LogP contribution in [0.3, 0.4) is 0 Å². The maximum atomic E-state index is 6.24. The molecule has 0 N–H and O–H groups in total. The number of rotatable bonds is 4. The van der Waals surface area contributed by atoms with Crippen LogP contribution in [0.2, 0.25) is 0 Å². The highest BCUT2D eigenvalue weighted by atomic mass is 32.2. The van der Waals surface area contributed by atoms with E-state index < -0.39 is 0 Å². The number of aryl methyl sites for hydroxylation is 1. The fraction of sp³-hybridized carbons (Fsp3) is 0.450. The first kappa shape index (κ1) is 19.5. The van der Waals surface area contributed by atoms with E-state index in [-0.39, 0.29) is 6.10 Å². The zero-order chi connectivity index (χ0) is 19.2. The molecule has 1 fully saturated rings. The molecule has 6 nitrogen and oxygen atoms in total. The normalized spacial score (nSPS) is 15.7. The van der Waals surface area contributed by atoms with Crippen molar-refractivity contribution in [2.45, 2.75) is 32.8 Å². The lowest BCUT2D eigenvalue weighted by Crippen LogP contribution is -2.40. The fourth-order valence-corrected chi connectivity index (χ4v) is 3.64. The number of nitrogens with zero attached hydrogens (tertiary/aromatic N) is 4. The molecule has 0 aliphatic carbocycles. The summed E-state index contributed by atoms with van der Waals surface area (Å²) in [6.45, 7) is 5.93. The van der Waals surface area contributed by atoms with Gasteiger partial charge in [-0.3, -0.25) is 4.98 Å². The Morgan fingerprint density at radius 3 is 2.59 bits per heavy atom. The third-order valence-electron chi connectivity index (χ3n) is 4.75. The summed E-state index contributed by atoms with van der Waals surface area (Å²) in [5.74, 6) is 1.54. The van der Waals surface area contributed by atoms with Crippen molar-refractivity contribution in [3.8, 4) is 11.6 Å². The molecule has 0 bridgehead atoms. The van der Waals surface area contributed by atoms with Crippen LogP contribution in [0.5, 0.6) is 11.6 Å². The van der Waals surface area contributed by atoms with Crippen molar-refractivity contribution < 1.29 is 9.47 Å². The first-order valence-electron chi connectivity index (χ1n) is 9.07. The topological polar surface area (TPSA) is 59.8 Å². The van der Waals surface area contributed by atoms with Gasteiger partial charge in [0.25, 0.3) is 0 Å². The van der Waals surface area contributed by atoms with Gasteiger partial charge in [0, 0.05) is 49.5 Å². The summed E-state index contributed by atoms with van der Waals surface area (Å²) in [7, 11) is 1.61. The molecule has 0 spiro atoms. The molecular weight excluding hydrogens is 360 g/mol. The van der Waals surface area contributed by atoms with Gasteiger partial charge in [0.05, 0.1) is 19.0 Å². The Kier molecular flexibility index (Phi) is 6.55. The molecule has 0 unspecified atom stereocenters. The number of aliphatic imine (C=N–C) groups is 1. The van der Waals surface area contributed by atoms with Gasteiger partial charge in [-0.2, -0.15) is 0 Å². The maximum absolute atomic E-state index is 6.24. The monoisotopic (exact) mass is 386 g/mol. The molecule has 7 heteroatoms. The molecule has 0 radical (unpaired) electrons. The molecule has 3 rings (SSSR count). The Morgan fingerprint density at radius 2 is 1.96 bits per heavy atom. The third-order valence-corrected chi connectivity index (χ3v) is 5.46. The van der Waals surface area contributed by atoms with Crippen LogP contribution >= 0.6 is 11.8 Å². The Balaban J connectivity index is 1.61. The zero-order valence-electron chi connectivity index (χ0n) is 16.3. The van der Waals surface area contributed by atoms with Crippen molar-refractivity contribution >= 4 is 22.6 Å². The molecule has 1 aliphatic rings. The molecule has 27 heavy (non-hydrogen) atoms. The van der Waals surface area contributed by atoms with Crippen LogP contribution in [0, 0.1) is 13.8 Å². The van der Waals surface area contributed by atoms with E-state index >= 15 is 0 Å². The summed E-state index contributed by atoms with van der Waals surface area (Å²) in [6.07, 6.45) is 7.78. The first-order chi connectivity index (χ1) is 13.1. The highest BCUT2D eigenvalue weighted by Crippen LogP contribution is 2.25. The Bertz CT molecular complexity index is 787. The Morgan fingerprint density at radius 1 is 1.19 bits per heavy atom. The van der Waals surface area contributed by atoms with Crippen LogP contribution in [0.25, 0.3) is 0 Å². The standard InChI is InChI=1S/C20H26N4O2S/c1-14-15(2)21-10-7-18(14)26-17-8-11-24(12-9-17)20(27-4)23-16-5-6-19(25-3)22-13-16/h5-7,10,13,17H,8-9,11-12H2,1-4H3. The van der Waals surface area contributed by atoms with E-state index in [1.807, 2.05) is 31.3 Å². The van der Waals surface area contributed by atoms with Crippen LogP contribution in [0.1, 0.15) is 24.1 Å². The van der Waals surface area contributed by atoms with Gasteiger partial charge >= 0.3 is 0 Å². The lowest BCUT2D eigenvalue weighted by atomic mass is 10.1. The van der Waals surface area contributed by atoms with Crippen molar-refractivity contribution in [2.24, 2.45) is 4.99 Å². The van der Waals surface area contributed by atoms with Crippen LogP contribution in [0.15, 0.2) is 35.6 Å². The molecule has 1 saturated heterocycles. The fourth-order valence-electron chi connectivity index (χ4n) is 3.00. The number of amidine groups is 1. The average molecular weight is 387 g/mol. The lowest BCUT2D eigenvalue weighted by Gasteiger charge is -2.33. The van der Waals surface area contributed by atoms with E-state index in [9.17, 15) is 0 Å². The number of thioether (sulfide) groups is 1. The van der Waals surface area contributed by atoms with Gasteiger partial charge in [0.2, 0.25) is 5.88 Å². The van der Waals surface area contributed by atoms with Gasteiger partial charge in [-0.1, -0.05) is 11.8 Å². The van der Waals surface area contributed by atoms with Gasteiger partial charge in [0.1, 0.15) is 11.9 Å². The second-order valence-corrected chi connectivity index (χ2v) is 7.25. The molecule has 0 aromatic carbocycles. The smallest absolute Gasteiger partial charge is 0.213 e. The van der Waals surface area contributed by atoms with Gasteiger partial charge in [-0.05, 0) is 32.2 Å². The van der Waals surface area contributed by atoms with E-state index in [1.165, 1.54) is 0 Å². The van der Waals surface area contributed by atoms with Gasteiger partial charge in [-0.25, -0.2) is 9.98 Å². The number of hydrogen-bond acceptors (Lipinski definition) is 6. The van der Waals surface area contributed by atoms with Crippen LogP contribution in [-0.4, -0.2) is 52.6 Å². The molecule has 2 aromatic rings. The molecule has 1 aliphatic heterocycles. The van der Waals surface area contributed by atoms with Gasteiger partial charge in [0.15, 0.2) is 5.17 Å². The predicted molar refractivity (Wildman–Crippen MR) is 110 cm³/mol. The molecular formula is C20H26N4O2S. The van der Waals surface area contributed by atoms with Crippen LogP contribution in [0.4, 0.5) is 5.69 Å². The van der Waals surface area contributed by atoms with Gasteiger partial charge in [-0.15, -0.1) is 0 Å². The van der Waals surface area contributed by atoms with Crippen molar-refractivity contribution in [1.29, 1.82) is 0 Å². The van der Waals surface area contributed by atoms with Crippen molar-refractivity contribution in [3.63, 3.8) is 0 Å². The number of likely N-dealkylation sites (tertiary alicyclic amines) is 1. The minimum atomic E-state index is 0.229. The van der Waals surface area contributed by atoms with Gasteiger partial charge < -0.3 is 14.4 Å². The Labute approximate surface area is 165 Å². The van der Waals surface area contributed by atoms with E-state index in [0.717, 1.165) is 53.8 Å². The number of methoxy groups -OCH3 is 1. The largest absolute Gasteiger partial charge is 0.490 e. The van der Waals surface area contributed by atoms with E-state index in [2.05, 4.69) is 28.0 Å². The maximum Gasteiger partial charge on any atom is 0.213 e. The average Bonchev–Trinajstić information content (AvgIpc) is 2.71. The zero-order valence-corrected chi connectivity index (χ0v) is 17.1. The quantitative estimate of drug-likeness (QED) is 0.585. The molecule has 144 valence electrons. The first-order valence-corrected chi connectivity index (χ1v) is 10.3. The summed E-state index contributed by atoms with van der Waals surface area (Å²) in [5.41, 5.74) is 2.98. The minimum Gasteiger partial charge on any atom is -0.490 e. The van der Waals surface area contributed by atoms with E-state index in [0.29, 0.717) is 5.88 Å². The summed E-state index contributed by atoms with van der Waals surface area (Å²) < 4.78 is 11.3. The predicted octanol–water partition coefficient (Wildman–Crippen LogP) is 4.00. The summed E-state index contributed by atoms with van der Waals surface area (Å²) in [6, 6.07) is 5.71. The second kappa shape index (κ2) is 9.08. The summed E-state index contributed by atoms with van der Waals surface area (Å²) in [5, 5.41) is 1.01. The lowest BCUT2D eigenvalue weighted by molar-refractivity contribution is 0.131. The van der Waals surface area contributed by atoms with Crippen molar-refractivity contribution in [1.82, 2.24) is 14.9 Å². The van der Waals surface area contributed by atoms with Crippen molar-refractivity contribution in [2.75, 3.05) is 26.5 Å². The van der Waals surface area contributed by atoms with E-state index in [4.69, 9.17) is 14.5 Å². The molecule has 2 aromatic heterocycles. The summed E-state index contributed by atoms with van der Waals surface area (Å²) >= 11 is 1.66.